The molecule has 0 atom stereocenters. The Morgan fingerprint density at radius 1 is 1.08 bits per heavy atom. The lowest BCUT2D eigenvalue weighted by atomic mass is 10.1. The van der Waals surface area contributed by atoms with E-state index in [1.165, 1.54) is 30.6 Å². The van der Waals surface area contributed by atoms with Crippen LogP contribution < -0.4 is 4.74 Å². The Hall–Kier alpha value is -2.71. The summed E-state index contributed by atoms with van der Waals surface area (Å²) in [5.74, 6) is 1.24. The first-order chi connectivity index (χ1) is 12.4. The van der Waals surface area contributed by atoms with Gasteiger partial charge in [-0.15, -0.1) is 0 Å². The third kappa shape index (κ3) is 3.76. The van der Waals surface area contributed by atoms with Crippen molar-refractivity contribution in [1.82, 2.24) is 14.4 Å². The van der Waals surface area contributed by atoms with E-state index >= 15 is 0 Å². The molecule has 0 aliphatic heterocycles. The normalized spacial score (nSPS) is 11.7. The maximum atomic E-state index is 12.6. The second-order valence-corrected chi connectivity index (χ2v) is 7.86. The third-order valence-electron chi connectivity index (χ3n) is 3.90. The van der Waals surface area contributed by atoms with Crippen molar-refractivity contribution in [2.75, 3.05) is 14.2 Å². The smallest absolute Gasteiger partial charge is 0.243 e. The van der Waals surface area contributed by atoms with Crippen LogP contribution in [0.15, 0.2) is 57.9 Å². The van der Waals surface area contributed by atoms with E-state index in [1.54, 1.807) is 12.1 Å². The van der Waals surface area contributed by atoms with E-state index in [9.17, 15) is 8.42 Å². The fraction of sp³-hybridized carbons (Fsp3) is 0.222. The van der Waals surface area contributed by atoms with Crippen molar-refractivity contribution in [3.8, 4) is 17.1 Å². The Kier molecular flexibility index (Phi) is 5.06. The van der Waals surface area contributed by atoms with E-state index in [4.69, 9.17) is 9.26 Å². The highest BCUT2D eigenvalue weighted by Gasteiger charge is 2.23. The van der Waals surface area contributed by atoms with Crippen LogP contribution in [0.5, 0.6) is 5.75 Å². The molecule has 2 aromatic carbocycles. The van der Waals surface area contributed by atoms with Gasteiger partial charge in [0.05, 0.1) is 18.6 Å². The van der Waals surface area contributed by atoms with Crippen LogP contribution in [0.25, 0.3) is 11.4 Å². The lowest BCUT2D eigenvalue weighted by Crippen LogP contribution is -2.26. The summed E-state index contributed by atoms with van der Waals surface area (Å²) in [6.45, 7) is 1.97. The molecule has 0 spiro atoms. The van der Waals surface area contributed by atoms with Crippen molar-refractivity contribution in [3.05, 3.63) is 60.0 Å². The van der Waals surface area contributed by atoms with Crippen LogP contribution in [0.2, 0.25) is 0 Å². The van der Waals surface area contributed by atoms with Gasteiger partial charge in [0.1, 0.15) is 5.75 Å². The summed E-state index contributed by atoms with van der Waals surface area (Å²) in [5, 5.41) is 3.92. The molecule has 1 aromatic heterocycles. The molecule has 0 saturated heterocycles. The number of hydrogen-bond acceptors (Lipinski definition) is 6. The molecule has 0 fully saturated rings. The summed E-state index contributed by atoms with van der Waals surface area (Å²) in [4.78, 5) is 4.45. The molecule has 26 heavy (non-hydrogen) atoms. The Balaban J connectivity index is 1.76. The largest absolute Gasteiger partial charge is 0.497 e. The van der Waals surface area contributed by atoms with E-state index < -0.39 is 10.0 Å². The summed E-state index contributed by atoms with van der Waals surface area (Å²) in [5.41, 5.74) is 1.94. The number of sulfonamides is 1. The lowest BCUT2D eigenvalue weighted by Gasteiger charge is -2.15. The Morgan fingerprint density at radius 3 is 2.35 bits per heavy atom. The van der Waals surface area contributed by atoms with Crippen LogP contribution in [0.3, 0.4) is 0 Å². The van der Waals surface area contributed by atoms with Gasteiger partial charge in [-0.25, -0.2) is 8.42 Å². The summed E-state index contributed by atoms with van der Waals surface area (Å²) in [7, 11) is -0.681. The maximum Gasteiger partial charge on any atom is 0.243 e. The highest BCUT2D eigenvalue weighted by molar-refractivity contribution is 7.89. The van der Waals surface area contributed by atoms with Gasteiger partial charge < -0.3 is 9.26 Å². The average molecular weight is 373 g/mol. The molecule has 3 rings (SSSR count). The van der Waals surface area contributed by atoms with Gasteiger partial charge in [0, 0.05) is 12.6 Å². The molecule has 136 valence electrons. The van der Waals surface area contributed by atoms with E-state index in [2.05, 4.69) is 10.1 Å². The zero-order chi connectivity index (χ0) is 18.7. The number of rotatable bonds is 6. The molecule has 0 radical (unpaired) electrons. The monoisotopic (exact) mass is 373 g/mol. The Morgan fingerprint density at radius 2 is 1.73 bits per heavy atom. The predicted molar refractivity (Wildman–Crippen MR) is 96.1 cm³/mol. The van der Waals surface area contributed by atoms with Gasteiger partial charge in [-0.05, 0) is 31.2 Å². The van der Waals surface area contributed by atoms with E-state index in [0.29, 0.717) is 11.6 Å². The molecular weight excluding hydrogens is 354 g/mol. The predicted octanol–water partition coefficient (Wildman–Crippen LogP) is 2.87. The van der Waals surface area contributed by atoms with Gasteiger partial charge in [-0.3, -0.25) is 0 Å². The Bertz CT molecular complexity index is 980. The van der Waals surface area contributed by atoms with E-state index in [1.807, 2.05) is 31.2 Å². The van der Waals surface area contributed by atoms with Crippen molar-refractivity contribution in [2.24, 2.45) is 0 Å². The molecule has 0 aliphatic carbocycles. The van der Waals surface area contributed by atoms with Crippen LogP contribution in [-0.4, -0.2) is 37.0 Å². The maximum absolute atomic E-state index is 12.6. The first-order valence-electron chi connectivity index (χ1n) is 7.90. The highest BCUT2D eigenvalue weighted by atomic mass is 32.2. The number of ether oxygens (including phenoxy) is 1. The number of aryl methyl sites for hydroxylation is 1. The molecule has 8 heteroatoms. The highest BCUT2D eigenvalue weighted by Crippen LogP contribution is 2.21. The minimum Gasteiger partial charge on any atom is -0.497 e. The lowest BCUT2D eigenvalue weighted by molar-refractivity contribution is 0.336. The quantitative estimate of drug-likeness (QED) is 0.660. The first-order valence-corrected chi connectivity index (χ1v) is 9.34. The molecule has 3 aromatic rings. The first kappa shape index (κ1) is 18.1. The average Bonchev–Trinajstić information content (AvgIpc) is 3.10. The number of benzene rings is 2. The second kappa shape index (κ2) is 7.27. The van der Waals surface area contributed by atoms with Gasteiger partial charge in [0.25, 0.3) is 0 Å². The van der Waals surface area contributed by atoms with Gasteiger partial charge in [-0.1, -0.05) is 35.0 Å². The van der Waals surface area contributed by atoms with Gasteiger partial charge in [-0.2, -0.15) is 9.29 Å². The minimum atomic E-state index is -3.67. The summed E-state index contributed by atoms with van der Waals surface area (Å²) in [6, 6.07) is 13.9. The zero-order valence-corrected chi connectivity index (χ0v) is 15.5. The Labute approximate surface area is 152 Å². The zero-order valence-electron chi connectivity index (χ0n) is 14.7. The van der Waals surface area contributed by atoms with E-state index in [-0.39, 0.29) is 17.3 Å². The number of methoxy groups -OCH3 is 1. The molecule has 1 heterocycles. The van der Waals surface area contributed by atoms with Crippen LogP contribution in [0, 0.1) is 6.92 Å². The molecule has 0 N–H and O–H groups in total. The van der Waals surface area contributed by atoms with Crippen molar-refractivity contribution in [2.45, 2.75) is 18.4 Å². The summed E-state index contributed by atoms with van der Waals surface area (Å²) in [6.07, 6.45) is 0. The van der Waals surface area contributed by atoms with Crippen LogP contribution >= 0.6 is 0 Å². The molecule has 0 aliphatic rings. The fourth-order valence-electron chi connectivity index (χ4n) is 2.34. The van der Waals surface area contributed by atoms with Crippen molar-refractivity contribution >= 4 is 10.0 Å². The molecule has 0 amide bonds. The van der Waals surface area contributed by atoms with Crippen LogP contribution in [0.4, 0.5) is 0 Å². The van der Waals surface area contributed by atoms with Crippen LogP contribution in [0.1, 0.15) is 11.5 Å². The number of aromatic nitrogens is 2. The SMILES string of the molecule is COc1ccc(S(=O)(=O)N(C)Cc2nc(-c3ccc(C)cc3)no2)cc1. The molecule has 0 saturated carbocycles. The molecule has 0 bridgehead atoms. The van der Waals surface area contributed by atoms with Crippen LogP contribution in [-0.2, 0) is 16.6 Å². The molecule has 0 unspecified atom stereocenters. The van der Waals surface area contributed by atoms with Crippen molar-refractivity contribution in [1.29, 1.82) is 0 Å². The number of hydrogen-bond donors (Lipinski definition) is 0. The summed E-state index contributed by atoms with van der Waals surface area (Å²) >= 11 is 0. The molecular formula is C18H19N3O4S. The fourth-order valence-corrected chi connectivity index (χ4v) is 3.46. The van der Waals surface area contributed by atoms with Gasteiger partial charge in [0.2, 0.25) is 21.7 Å². The van der Waals surface area contributed by atoms with Crippen molar-refractivity contribution < 1.29 is 17.7 Å². The van der Waals surface area contributed by atoms with Gasteiger partial charge in [0.15, 0.2) is 0 Å². The molecule has 7 nitrogen and oxygen atoms in total. The van der Waals surface area contributed by atoms with E-state index in [0.717, 1.165) is 11.1 Å². The summed E-state index contributed by atoms with van der Waals surface area (Å²) < 4.78 is 36.7. The van der Waals surface area contributed by atoms with Crippen molar-refractivity contribution in [3.63, 3.8) is 0 Å². The number of nitrogens with zero attached hydrogens (tertiary/aromatic N) is 3. The van der Waals surface area contributed by atoms with Gasteiger partial charge >= 0.3 is 0 Å². The minimum absolute atomic E-state index is 0.0206. The standard InChI is InChI=1S/C18H19N3O4S/c1-13-4-6-14(7-5-13)18-19-17(25-20-18)12-21(2)26(22,23)16-10-8-15(24-3)9-11-16/h4-11H,12H2,1-3H3. The topological polar surface area (TPSA) is 85.5 Å². The third-order valence-corrected chi connectivity index (χ3v) is 5.72. The second-order valence-electron chi connectivity index (χ2n) is 5.81.